The van der Waals surface area contributed by atoms with E-state index in [2.05, 4.69) is 41.2 Å². The highest BCUT2D eigenvalue weighted by atomic mass is 35.5. The molecule has 1 aromatic heterocycles. The quantitative estimate of drug-likeness (QED) is 0.871. The Bertz CT molecular complexity index is 519. The Hall–Kier alpha value is -0.830. The standard InChI is InChI=1S/C14H16ClNS/c1-9-4-5-11(6-13(9)15)14(16-3)12-8-17-7-10(12)2/h4-8,14,16H,1-3H3. The maximum absolute atomic E-state index is 6.19. The molecule has 1 atom stereocenters. The van der Waals surface area contributed by atoms with Crippen molar-refractivity contribution in [2.24, 2.45) is 0 Å². The highest BCUT2D eigenvalue weighted by Crippen LogP contribution is 2.29. The number of aryl methyl sites for hydroxylation is 2. The molecule has 90 valence electrons. The van der Waals surface area contributed by atoms with Gasteiger partial charge in [0.1, 0.15) is 0 Å². The fourth-order valence-electron chi connectivity index (χ4n) is 1.96. The normalized spacial score (nSPS) is 12.7. The Labute approximate surface area is 111 Å². The van der Waals surface area contributed by atoms with Crippen LogP contribution in [0.25, 0.3) is 0 Å². The lowest BCUT2D eigenvalue weighted by molar-refractivity contribution is 0.690. The summed E-state index contributed by atoms with van der Waals surface area (Å²) < 4.78 is 0. The Balaban J connectivity index is 2.42. The molecule has 3 heteroatoms. The van der Waals surface area contributed by atoms with Gasteiger partial charge in [0.25, 0.3) is 0 Å². The summed E-state index contributed by atoms with van der Waals surface area (Å²) in [5, 5.41) is 8.56. The molecule has 0 aliphatic rings. The molecular formula is C14H16ClNS. The van der Waals surface area contributed by atoms with Crippen molar-refractivity contribution >= 4 is 22.9 Å². The maximum Gasteiger partial charge on any atom is 0.0585 e. The van der Waals surface area contributed by atoms with E-state index in [4.69, 9.17) is 11.6 Å². The lowest BCUT2D eigenvalue weighted by Crippen LogP contribution is -2.17. The van der Waals surface area contributed by atoms with Crippen molar-refractivity contribution in [1.82, 2.24) is 5.32 Å². The lowest BCUT2D eigenvalue weighted by Gasteiger charge is -2.17. The minimum atomic E-state index is 0.222. The molecule has 0 fully saturated rings. The molecular weight excluding hydrogens is 250 g/mol. The number of benzene rings is 1. The number of nitrogens with one attached hydrogen (secondary N) is 1. The van der Waals surface area contributed by atoms with E-state index in [0.717, 1.165) is 10.6 Å². The van der Waals surface area contributed by atoms with E-state index in [9.17, 15) is 0 Å². The second-order valence-electron chi connectivity index (χ2n) is 4.24. The van der Waals surface area contributed by atoms with Crippen molar-refractivity contribution in [2.75, 3.05) is 7.05 Å². The van der Waals surface area contributed by atoms with Crippen LogP contribution >= 0.6 is 22.9 Å². The van der Waals surface area contributed by atoms with E-state index in [1.165, 1.54) is 16.7 Å². The number of hydrogen-bond acceptors (Lipinski definition) is 2. The fourth-order valence-corrected chi connectivity index (χ4v) is 3.02. The molecule has 1 nitrogen and oxygen atoms in total. The van der Waals surface area contributed by atoms with Gasteiger partial charge in [-0.15, -0.1) is 0 Å². The zero-order valence-corrected chi connectivity index (χ0v) is 11.8. The van der Waals surface area contributed by atoms with E-state index < -0.39 is 0 Å². The van der Waals surface area contributed by atoms with Gasteiger partial charge in [0.2, 0.25) is 0 Å². The van der Waals surface area contributed by atoms with Gasteiger partial charge >= 0.3 is 0 Å². The molecule has 2 aromatic rings. The molecule has 1 heterocycles. The van der Waals surface area contributed by atoms with E-state index in [1.54, 1.807) is 11.3 Å². The van der Waals surface area contributed by atoms with Crippen molar-refractivity contribution < 1.29 is 0 Å². The number of hydrogen-bond donors (Lipinski definition) is 1. The van der Waals surface area contributed by atoms with Gasteiger partial charge in [-0.05, 0) is 60.0 Å². The van der Waals surface area contributed by atoms with Crippen molar-refractivity contribution in [3.05, 3.63) is 56.2 Å². The molecule has 1 aromatic carbocycles. The average Bonchev–Trinajstić information content (AvgIpc) is 2.71. The topological polar surface area (TPSA) is 12.0 Å². The van der Waals surface area contributed by atoms with Crippen LogP contribution in [0.3, 0.4) is 0 Å². The highest BCUT2D eigenvalue weighted by molar-refractivity contribution is 7.08. The van der Waals surface area contributed by atoms with Crippen LogP contribution in [-0.4, -0.2) is 7.05 Å². The van der Waals surface area contributed by atoms with E-state index in [1.807, 2.05) is 14.0 Å². The third-order valence-electron chi connectivity index (χ3n) is 3.02. The van der Waals surface area contributed by atoms with E-state index in [-0.39, 0.29) is 6.04 Å². The largest absolute Gasteiger partial charge is 0.309 e. The minimum Gasteiger partial charge on any atom is -0.309 e. The van der Waals surface area contributed by atoms with Gasteiger partial charge in [0.15, 0.2) is 0 Å². The molecule has 2 rings (SSSR count). The van der Waals surface area contributed by atoms with Crippen molar-refractivity contribution in [2.45, 2.75) is 19.9 Å². The molecule has 0 aliphatic carbocycles. The predicted molar refractivity (Wildman–Crippen MR) is 76.1 cm³/mol. The zero-order chi connectivity index (χ0) is 12.4. The Morgan fingerprint density at radius 1 is 1.18 bits per heavy atom. The van der Waals surface area contributed by atoms with Crippen LogP contribution in [0, 0.1) is 13.8 Å². The number of thiophene rings is 1. The van der Waals surface area contributed by atoms with Crippen LogP contribution in [0.4, 0.5) is 0 Å². The molecule has 0 bridgehead atoms. The van der Waals surface area contributed by atoms with Gasteiger partial charge in [-0.25, -0.2) is 0 Å². The van der Waals surface area contributed by atoms with Gasteiger partial charge in [-0.2, -0.15) is 11.3 Å². The van der Waals surface area contributed by atoms with Crippen LogP contribution in [0.1, 0.15) is 28.3 Å². The number of halogens is 1. The summed E-state index contributed by atoms with van der Waals surface area (Å²) in [4.78, 5) is 0. The van der Waals surface area contributed by atoms with Crippen LogP contribution in [0.15, 0.2) is 29.0 Å². The Morgan fingerprint density at radius 2 is 1.94 bits per heavy atom. The summed E-state index contributed by atoms with van der Waals surface area (Å²) >= 11 is 7.93. The first kappa shape index (κ1) is 12.6. The Morgan fingerprint density at radius 3 is 2.47 bits per heavy atom. The highest BCUT2D eigenvalue weighted by Gasteiger charge is 2.15. The van der Waals surface area contributed by atoms with Crippen LogP contribution in [0.5, 0.6) is 0 Å². The molecule has 0 aliphatic heterocycles. The molecule has 0 amide bonds. The lowest BCUT2D eigenvalue weighted by atomic mass is 9.98. The van der Waals surface area contributed by atoms with E-state index >= 15 is 0 Å². The van der Waals surface area contributed by atoms with Crippen LogP contribution < -0.4 is 5.32 Å². The second-order valence-corrected chi connectivity index (χ2v) is 5.39. The minimum absolute atomic E-state index is 0.222. The second kappa shape index (κ2) is 5.21. The summed E-state index contributed by atoms with van der Waals surface area (Å²) in [7, 11) is 1.98. The van der Waals surface area contributed by atoms with Crippen molar-refractivity contribution in [3.63, 3.8) is 0 Å². The summed E-state index contributed by atoms with van der Waals surface area (Å²) in [6.45, 7) is 4.17. The summed E-state index contributed by atoms with van der Waals surface area (Å²) in [6, 6.07) is 6.48. The Kier molecular flexibility index (Phi) is 3.87. The SMILES string of the molecule is CNC(c1ccc(C)c(Cl)c1)c1cscc1C. The number of rotatable bonds is 3. The van der Waals surface area contributed by atoms with Gasteiger partial charge in [-0.3, -0.25) is 0 Å². The monoisotopic (exact) mass is 265 g/mol. The molecule has 0 spiro atoms. The molecule has 0 radical (unpaired) electrons. The first-order valence-electron chi connectivity index (χ1n) is 5.59. The van der Waals surface area contributed by atoms with E-state index in [0.29, 0.717) is 0 Å². The third kappa shape index (κ3) is 2.54. The predicted octanol–water partition coefficient (Wildman–Crippen LogP) is 4.33. The van der Waals surface area contributed by atoms with Crippen molar-refractivity contribution in [1.29, 1.82) is 0 Å². The first-order chi connectivity index (χ1) is 8.13. The van der Waals surface area contributed by atoms with Crippen LogP contribution in [-0.2, 0) is 0 Å². The molecule has 1 unspecified atom stereocenters. The van der Waals surface area contributed by atoms with Gasteiger partial charge in [-0.1, -0.05) is 23.7 Å². The van der Waals surface area contributed by atoms with Gasteiger partial charge in [0.05, 0.1) is 6.04 Å². The molecule has 0 saturated carbocycles. The molecule has 0 saturated heterocycles. The molecule has 1 N–H and O–H groups in total. The molecule has 17 heavy (non-hydrogen) atoms. The summed E-state index contributed by atoms with van der Waals surface area (Å²) in [6.07, 6.45) is 0. The van der Waals surface area contributed by atoms with Crippen molar-refractivity contribution in [3.8, 4) is 0 Å². The first-order valence-corrected chi connectivity index (χ1v) is 6.91. The third-order valence-corrected chi connectivity index (χ3v) is 4.31. The summed E-state index contributed by atoms with van der Waals surface area (Å²) in [5.74, 6) is 0. The smallest absolute Gasteiger partial charge is 0.0585 e. The summed E-state index contributed by atoms with van der Waals surface area (Å²) in [5.41, 5.74) is 4.99. The van der Waals surface area contributed by atoms with Gasteiger partial charge < -0.3 is 5.32 Å². The van der Waals surface area contributed by atoms with Crippen LogP contribution in [0.2, 0.25) is 5.02 Å². The fraction of sp³-hybridized carbons (Fsp3) is 0.286. The zero-order valence-electron chi connectivity index (χ0n) is 10.3. The van der Waals surface area contributed by atoms with Gasteiger partial charge in [0, 0.05) is 5.02 Å². The average molecular weight is 266 g/mol. The maximum atomic E-state index is 6.19.